The van der Waals surface area contributed by atoms with Gasteiger partial charge in [0.05, 0.1) is 35.8 Å². The molecule has 1 aliphatic heterocycles. The smallest absolute Gasteiger partial charge is 0.151 e. The molecule has 1 atom stereocenters. The summed E-state index contributed by atoms with van der Waals surface area (Å²) in [5, 5.41) is 16.7. The number of morpholine rings is 1. The van der Waals surface area contributed by atoms with Gasteiger partial charge in [-0.3, -0.25) is 0 Å². The molecule has 0 unspecified atom stereocenters. The number of anilines is 2. The molecule has 0 bridgehead atoms. The Labute approximate surface area is 184 Å². The highest BCUT2D eigenvalue weighted by Crippen LogP contribution is 2.27. The molecule has 3 heterocycles. The third-order valence-electron chi connectivity index (χ3n) is 5.25. The van der Waals surface area contributed by atoms with Crippen LogP contribution in [0.4, 0.5) is 15.9 Å². The van der Waals surface area contributed by atoms with Crippen LogP contribution >= 0.6 is 11.8 Å². The van der Waals surface area contributed by atoms with E-state index in [1.807, 2.05) is 19.1 Å². The third kappa shape index (κ3) is 4.95. The number of rotatable bonds is 7. The minimum absolute atomic E-state index is 0.0516. The van der Waals surface area contributed by atoms with Gasteiger partial charge in [-0.25, -0.2) is 4.39 Å². The van der Waals surface area contributed by atoms with E-state index in [0.717, 1.165) is 34.9 Å². The number of fused-ring (bicyclic) bond motifs is 1. The van der Waals surface area contributed by atoms with Gasteiger partial charge >= 0.3 is 0 Å². The predicted octanol–water partition coefficient (Wildman–Crippen LogP) is 3.12. The van der Waals surface area contributed by atoms with Gasteiger partial charge in [-0.15, -0.1) is 10.2 Å². The Balaban J connectivity index is 1.55. The first-order valence-corrected chi connectivity index (χ1v) is 10.6. The van der Waals surface area contributed by atoms with E-state index in [2.05, 4.69) is 25.5 Å². The minimum atomic E-state index is -0.405. The number of hydrogen-bond donors (Lipinski definition) is 2. The fraction of sp³-hybridized carbons (Fsp3) is 0.381. The van der Waals surface area contributed by atoms with Crippen LogP contribution in [0.2, 0.25) is 0 Å². The Bertz CT molecular complexity index is 1060. The number of ether oxygens (including phenoxy) is 1. The van der Waals surface area contributed by atoms with Crippen molar-refractivity contribution in [3.8, 4) is 0 Å². The number of nitrogens with zero attached hydrogens (tertiary/aromatic N) is 5. The standard InChI is InChI=1S/C21H25ClFN7O/c1-2-14(24)13-25-19-11-16-18(28-30(22)20(16)12-17(19)23)5-3-15-4-6-21(27-26-15)29-7-9-31-10-8-29/h3-6,11-12,14,25H,2,7-10,13,24H2,1H3/b5-3+/t14-/m0/s1. The molecule has 3 N–H and O–H groups in total. The molecule has 164 valence electrons. The fourth-order valence-corrected chi connectivity index (χ4v) is 3.54. The summed E-state index contributed by atoms with van der Waals surface area (Å²) < 4.78 is 21.0. The second kappa shape index (κ2) is 9.59. The van der Waals surface area contributed by atoms with Crippen molar-refractivity contribution in [3.63, 3.8) is 0 Å². The average Bonchev–Trinajstić information content (AvgIpc) is 3.11. The van der Waals surface area contributed by atoms with Gasteiger partial charge in [0.2, 0.25) is 0 Å². The molecule has 0 radical (unpaired) electrons. The van der Waals surface area contributed by atoms with Crippen LogP contribution in [0.3, 0.4) is 0 Å². The first kappa shape index (κ1) is 21.5. The maximum Gasteiger partial charge on any atom is 0.151 e. The molecule has 31 heavy (non-hydrogen) atoms. The Kier molecular flexibility index (Phi) is 6.64. The quantitative estimate of drug-likeness (QED) is 0.577. The van der Waals surface area contributed by atoms with Gasteiger partial charge in [-0.1, -0.05) is 6.92 Å². The van der Waals surface area contributed by atoms with Crippen molar-refractivity contribution in [1.29, 1.82) is 0 Å². The molecule has 2 aromatic heterocycles. The second-order valence-corrected chi connectivity index (χ2v) is 7.71. The van der Waals surface area contributed by atoms with Crippen LogP contribution in [0.1, 0.15) is 24.7 Å². The van der Waals surface area contributed by atoms with Crippen molar-refractivity contribution in [2.24, 2.45) is 5.73 Å². The molecular formula is C21H25ClFN7O. The number of benzene rings is 1. The van der Waals surface area contributed by atoms with Crippen LogP contribution < -0.4 is 16.0 Å². The Morgan fingerprint density at radius 1 is 1.26 bits per heavy atom. The van der Waals surface area contributed by atoms with E-state index in [1.165, 1.54) is 6.07 Å². The molecule has 1 saturated heterocycles. The van der Waals surface area contributed by atoms with Gasteiger partial charge in [0.1, 0.15) is 5.82 Å². The predicted molar refractivity (Wildman–Crippen MR) is 122 cm³/mol. The Morgan fingerprint density at radius 3 is 2.77 bits per heavy atom. The lowest BCUT2D eigenvalue weighted by molar-refractivity contribution is 0.122. The lowest BCUT2D eigenvalue weighted by Gasteiger charge is -2.27. The third-order valence-corrected chi connectivity index (χ3v) is 5.51. The van der Waals surface area contributed by atoms with Crippen molar-refractivity contribution in [3.05, 3.63) is 41.5 Å². The monoisotopic (exact) mass is 445 g/mol. The van der Waals surface area contributed by atoms with Crippen molar-refractivity contribution in [2.45, 2.75) is 19.4 Å². The zero-order valence-corrected chi connectivity index (χ0v) is 18.0. The molecule has 1 aliphatic rings. The molecule has 10 heteroatoms. The van der Waals surface area contributed by atoms with Gasteiger partial charge in [0, 0.05) is 48.9 Å². The van der Waals surface area contributed by atoms with Crippen molar-refractivity contribution in [1.82, 2.24) is 19.5 Å². The van der Waals surface area contributed by atoms with Crippen LogP contribution in [0, 0.1) is 5.82 Å². The van der Waals surface area contributed by atoms with Gasteiger partial charge < -0.3 is 20.7 Å². The summed E-state index contributed by atoms with van der Waals surface area (Å²) in [4.78, 5) is 2.14. The molecule has 0 saturated carbocycles. The van der Waals surface area contributed by atoms with E-state index in [4.69, 9.17) is 22.2 Å². The fourth-order valence-electron chi connectivity index (χ4n) is 3.32. The summed E-state index contributed by atoms with van der Waals surface area (Å²) in [5.74, 6) is 0.421. The molecule has 8 nitrogen and oxygen atoms in total. The molecule has 3 aromatic rings. The van der Waals surface area contributed by atoms with Crippen LogP contribution in [-0.4, -0.2) is 58.4 Å². The number of hydrogen-bond acceptors (Lipinski definition) is 7. The normalized spacial score (nSPS) is 15.7. The first-order valence-electron chi connectivity index (χ1n) is 10.3. The van der Waals surface area contributed by atoms with E-state index >= 15 is 0 Å². The summed E-state index contributed by atoms with van der Waals surface area (Å²) >= 11 is 6.16. The average molecular weight is 446 g/mol. The van der Waals surface area contributed by atoms with E-state index < -0.39 is 5.82 Å². The number of nitrogens with two attached hydrogens (primary N) is 1. The number of halogens is 2. The maximum absolute atomic E-state index is 14.5. The molecular weight excluding hydrogens is 421 g/mol. The minimum Gasteiger partial charge on any atom is -0.381 e. The van der Waals surface area contributed by atoms with Crippen molar-refractivity contribution < 1.29 is 9.13 Å². The van der Waals surface area contributed by atoms with E-state index in [1.54, 1.807) is 18.2 Å². The lowest BCUT2D eigenvalue weighted by Crippen LogP contribution is -2.36. The maximum atomic E-state index is 14.5. The summed E-state index contributed by atoms with van der Waals surface area (Å²) in [7, 11) is 0. The summed E-state index contributed by atoms with van der Waals surface area (Å²) in [5.41, 5.74) is 8.07. The highest BCUT2D eigenvalue weighted by molar-refractivity contribution is 6.19. The van der Waals surface area contributed by atoms with Gasteiger partial charge in [0.15, 0.2) is 5.82 Å². The van der Waals surface area contributed by atoms with Crippen molar-refractivity contribution in [2.75, 3.05) is 43.1 Å². The number of aromatic nitrogens is 4. The largest absolute Gasteiger partial charge is 0.381 e. The van der Waals surface area contributed by atoms with Crippen LogP contribution in [-0.2, 0) is 4.74 Å². The van der Waals surface area contributed by atoms with E-state index in [9.17, 15) is 4.39 Å². The molecule has 0 spiro atoms. The molecule has 4 rings (SSSR count). The van der Waals surface area contributed by atoms with Crippen molar-refractivity contribution >= 4 is 46.3 Å². The van der Waals surface area contributed by atoms with Crippen LogP contribution in [0.5, 0.6) is 0 Å². The highest BCUT2D eigenvalue weighted by atomic mass is 35.5. The summed E-state index contributed by atoms with van der Waals surface area (Å²) in [6, 6.07) is 6.84. The van der Waals surface area contributed by atoms with Crippen LogP contribution in [0.15, 0.2) is 24.3 Å². The Morgan fingerprint density at radius 2 is 2.06 bits per heavy atom. The second-order valence-electron chi connectivity index (χ2n) is 7.39. The molecule has 0 aliphatic carbocycles. The summed E-state index contributed by atoms with van der Waals surface area (Å²) in [6.45, 7) is 5.46. The molecule has 1 fully saturated rings. The molecule has 1 aromatic carbocycles. The van der Waals surface area contributed by atoms with Crippen LogP contribution in [0.25, 0.3) is 23.1 Å². The topological polar surface area (TPSA) is 94.1 Å². The van der Waals surface area contributed by atoms with E-state index in [0.29, 0.717) is 42.4 Å². The summed E-state index contributed by atoms with van der Waals surface area (Å²) in [6.07, 6.45) is 4.40. The lowest BCUT2D eigenvalue weighted by atomic mass is 10.1. The molecule has 0 amide bonds. The van der Waals surface area contributed by atoms with Gasteiger partial charge in [0.25, 0.3) is 0 Å². The number of nitrogens with one attached hydrogen (secondary N) is 1. The van der Waals surface area contributed by atoms with Gasteiger partial charge in [-0.2, -0.15) is 9.30 Å². The zero-order chi connectivity index (χ0) is 21.8. The SMILES string of the molecule is CC[C@H](N)CNc1cc2c(/C=C/c3ccc(N4CCOCC4)nn3)nn(Cl)c2cc1F. The first-order chi connectivity index (χ1) is 15.0. The highest BCUT2D eigenvalue weighted by Gasteiger charge is 2.14. The Hall–Kier alpha value is -2.75. The van der Waals surface area contributed by atoms with E-state index in [-0.39, 0.29) is 6.04 Å². The zero-order valence-electron chi connectivity index (χ0n) is 17.3. The van der Waals surface area contributed by atoms with Gasteiger partial charge in [-0.05, 0) is 36.8 Å².